The maximum absolute atomic E-state index is 6.10. The molecule has 2 heteroatoms. The fourth-order valence-corrected chi connectivity index (χ4v) is 0.950. The molecular weight excluding hydrogens is 134 g/mol. The van der Waals surface area contributed by atoms with Crippen LogP contribution in [0.25, 0.3) is 0 Å². The van der Waals surface area contributed by atoms with Crippen molar-refractivity contribution in [2.24, 2.45) is 0 Å². The Balaban J connectivity index is 3.62. The van der Waals surface area contributed by atoms with Gasteiger partial charge in [0.05, 0.1) is 5.00 Å². The van der Waals surface area contributed by atoms with Crippen molar-refractivity contribution in [3.8, 4) is 0 Å². The third-order valence-electron chi connectivity index (χ3n) is 1.61. The Hall–Kier alpha value is 0.250. The molecule has 0 spiro atoms. The van der Waals surface area contributed by atoms with Crippen LogP contribution in [0.15, 0.2) is 0 Å². The first kappa shape index (κ1) is 9.25. The van der Waals surface area contributed by atoms with Gasteiger partial charge in [-0.3, -0.25) is 5.32 Å². The molecule has 0 aliphatic heterocycles. The van der Waals surface area contributed by atoms with Crippen molar-refractivity contribution in [2.45, 2.75) is 38.6 Å². The van der Waals surface area contributed by atoms with Gasteiger partial charge in [0.1, 0.15) is 0 Å². The molecule has 0 unspecified atom stereocenters. The third-order valence-corrected chi connectivity index (χ3v) is 2.28. The van der Waals surface area contributed by atoms with Crippen molar-refractivity contribution in [1.82, 2.24) is 5.32 Å². The normalized spacial score (nSPS) is 12.0. The average molecular weight is 150 g/mol. The largest absolute Gasteiger partial charge is 0.299 e. The van der Waals surface area contributed by atoms with E-state index >= 15 is 0 Å². The van der Waals surface area contributed by atoms with Gasteiger partial charge in [-0.15, -0.1) is 11.6 Å². The van der Waals surface area contributed by atoms with Gasteiger partial charge in [-0.25, -0.2) is 0 Å². The van der Waals surface area contributed by atoms with Crippen molar-refractivity contribution in [3.63, 3.8) is 0 Å². The van der Waals surface area contributed by atoms with Crippen LogP contribution in [0.2, 0.25) is 0 Å². The summed E-state index contributed by atoms with van der Waals surface area (Å²) in [6.07, 6.45) is 1.97. The van der Waals surface area contributed by atoms with Crippen LogP contribution in [-0.2, 0) is 0 Å². The van der Waals surface area contributed by atoms with Crippen LogP contribution in [0.3, 0.4) is 0 Å². The third kappa shape index (κ3) is 3.07. The summed E-state index contributed by atoms with van der Waals surface area (Å²) in [6.45, 7) is 7.21. The second kappa shape index (κ2) is 4.13. The minimum Gasteiger partial charge on any atom is -0.299 e. The molecule has 0 aromatic heterocycles. The van der Waals surface area contributed by atoms with E-state index in [0.29, 0.717) is 0 Å². The standard InChI is InChI=1S/C7H16ClN/c1-4-7(8,5-2)9-6-3/h9H,4-6H2,1-3H3. The van der Waals surface area contributed by atoms with E-state index in [-0.39, 0.29) is 5.00 Å². The van der Waals surface area contributed by atoms with Gasteiger partial charge >= 0.3 is 0 Å². The molecule has 1 N–H and O–H groups in total. The summed E-state index contributed by atoms with van der Waals surface area (Å²) in [6, 6.07) is 0. The lowest BCUT2D eigenvalue weighted by Crippen LogP contribution is -2.38. The first-order chi connectivity index (χ1) is 4.18. The van der Waals surface area contributed by atoms with E-state index in [0.717, 1.165) is 19.4 Å². The van der Waals surface area contributed by atoms with Crippen LogP contribution in [0.4, 0.5) is 0 Å². The molecule has 0 radical (unpaired) electrons. The van der Waals surface area contributed by atoms with Gasteiger partial charge in [-0.2, -0.15) is 0 Å². The second-order valence-corrected chi connectivity index (χ2v) is 2.93. The molecule has 0 bridgehead atoms. The summed E-state index contributed by atoms with van der Waals surface area (Å²) in [4.78, 5) is -0.144. The lowest BCUT2D eigenvalue weighted by Gasteiger charge is -2.24. The van der Waals surface area contributed by atoms with Gasteiger partial charge in [0.25, 0.3) is 0 Å². The molecular formula is C7H16ClN. The second-order valence-electron chi connectivity index (χ2n) is 2.20. The molecule has 0 amide bonds. The Morgan fingerprint density at radius 3 is 1.78 bits per heavy atom. The zero-order chi connectivity index (χ0) is 7.33. The SMILES string of the molecule is CCNC(Cl)(CC)CC. The van der Waals surface area contributed by atoms with Crippen LogP contribution in [0.5, 0.6) is 0 Å². The number of alkyl halides is 1. The highest BCUT2D eigenvalue weighted by Crippen LogP contribution is 2.19. The molecule has 0 rings (SSSR count). The predicted molar refractivity (Wildman–Crippen MR) is 42.8 cm³/mol. The zero-order valence-electron chi connectivity index (χ0n) is 6.50. The maximum atomic E-state index is 6.10. The molecule has 0 atom stereocenters. The van der Waals surface area contributed by atoms with E-state index in [2.05, 4.69) is 26.1 Å². The van der Waals surface area contributed by atoms with Crippen LogP contribution < -0.4 is 5.32 Å². The molecule has 0 aromatic carbocycles. The highest BCUT2D eigenvalue weighted by molar-refractivity contribution is 6.23. The smallest absolute Gasteiger partial charge is 0.0930 e. The molecule has 0 fully saturated rings. The van der Waals surface area contributed by atoms with Gasteiger partial charge in [0.2, 0.25) is 0 Å². The highest BCUT2D eigenvalue weighted by atomic mass is 35.5. The van der Waals surface area contributed by atoms with Crippen molar-refractivity contribution < 1.29 is 0 Å². The monoisotopic (exact) mass is 149 g/mol. The van der Waals surface area contributed by atoms with Crippen molar-refractivity contribution in [3.05, 3.63) is 0 Å². The number of rotatable bonds is 4. The summed E-state index contributed by atoms with van der Waals surface area (Å²) in [7, 11) is 0. The number of hydrogen-bond donors (Lipinski definition) is 1. The Morgan fingerprint density at radius 2 is 1.67 bits per heavy atom. The number of halogens is 1. The molecule has 1 nitrogen and oxygen atoms in total. The first-order valence-corrected chi connectivity index (χ1v) is 4.00. The Morgan fingerprint density at radius 1 is 1.22 bits per heavy atom. The molecule has 0 aliphatic carbocycles. The van der Waals surface area contributed by atoms with Crippen LogP contribution in [-0.4, -0.2) is 11.5 Å². The van der Waals surface area contributed by atoms with E-state index in [1.165, 1.54) is 0 Å². The predicted octanol–water partition coefficient (Wildman–Crippen LogP) is 2.35. The summed E-state index contributed by atoms with van der Waals surface area (Å²) in [5.41, 5.74) is 0. The Labute approximate surface area is 62.8 Å². The Kier molecular flexibility index (Phi) is 4.24. The lowest BCUT2D eigenvalue weighted by molar-refractivity contribution is 0.440. The molecule has 9 heavy (non-hydrogen) atoms. The molecule has 0 aromatic rings. The summed E-state index contributed by atoms with van der Waals surface area (Å²) >= 11 is 6.10. The summed E-state index contributed by atoms with van der Waals surface area (Å²) in [5, 5.41) is 3.22. The van der Waals surface area contributed by atoms with Gasteiger partial charge < -0.3 is 0 Å². The van der Waals surface area contributed by atoms with Crippen LogP contribution >= 0.6 is 11.6 Å². The quantitative estimate of drug-likeness (QED) is 0.478. The number of hydrogen-bond acceptors (Lipinski definition) is 1. The summed E-state index contributed by atoms with van der Waals surface area (Å²) in [5.74, 6) is 0. The van der Waals surface area contributed by atoms with Crippen molar-refractivity contribution in [2.75, 3.05) is 6.54 Å². The van der Waals surface area contributed by atoms with Crippen LogP contribution in [0, 0.1) is 0 Å². The molecule has 0 saturated carbocycles. The fraction of sp³-hybridized carbons (Fsp3) is 1.00. The maximum Gasteiger partial charge on any atom is 0.0930 e. The molecule has 56 valence electrons. The van der Waals surface area contributed by atoms with Crippen molar-refractivity contribution >= 4 is 11.6 Å². The zero-order valence-corrected chi connectivity index (χ0v) is 7.26. The van der Waals surface area contributed by atoms with E-state index in [1.807, 2.05) is 0 Å². The molecule has 0 saturated heterocycles. The van der Waals surface area contributed by atoms with E-state index in [9.17, 15) is 0 Å². The molecule has 0 heterocycles. The highest BCUT2D eigenvalue weighted by Gasteiger charge is 2.19. The van der Waals surface area contributed by atoms with Gasteiger partial charge in [-0.1, -0.05) is 20.8 Å². The van der Waals surface area contributed by atoms with Crippen LogP contribution in [0.1, 0.15) is 33.6 Å². The lowest BCUT2D eigenvalue weighted by atomic mass is 10.1. The first-order valence-electron chi connectivity index (χ1n) is 3.62. The van der Waals surface area contributed by atoms with E-state index in [4.69, 9.17) is 11.6 Å². The fourth-order valence-electron chi connectivity index (χ4n) is 0.817. The topological polar surface area (TPSA) is 12.0 Å². The molecule has 0 aliphatic rings. The van der Waals surface area contributed by atoms with Gasteiger partial charge in [-0.05, 0) is 19.4 Å². The van der Waals surface area contributed by atoms with E-state index < -0.39 is 0 Å². The summed E-state index contributed by atoms with van der Waals surface area (Å²) < 4.78 is 0. The minimum atomic E-state index is -0.144. The number of nitrogens with one attached hydrogen (secondary N) is 1. The van der Waals surface area contributed by atoms with E-state index in [1.54, 1.807) is 0 Å². The average Bonchev–Trinajstić information content (AvgIpc) is 1.89. The minimum absolute atomic E-state index is 0.144. The van der Waals surface area contributed by atoms with Gasteiger partial charge in [0, 0.05) is 0 Å². The Bertz CT molecular complexity index is 69.3. The van der Waals surface area contributed by atoms with Crippen molar-refractivity contribution in [1.29, 1.82) is 0 Å². The van der Waals surface area contributed by atoms with Gasteiger partial charge in [0.15, 0.2) is 0 Å².